The zero-order valence-corrected chi connectivity index (χ0v) is 10.1. The molecule has 0 aromatic heterocycles. The second kappa shape index (κ2) is 8.80. The molecule has 0 nitrogen and oxygen atoms in total. The fraction of sp³-hybridized carbons (Fsp3) is 0.571. The SMILES string of the molecule is C/C=C(\C)CCC1=CCCC=C1.CC. The summed E-state index contributed by atoms with van der Waals surface area (Å²) in [5, 5.41) is 0. The lowest BCUT2D eigenvalue weighted by molar-refractivity contribution is 0.907. The van der Waals surface area contributed by atoms with Gasteiger partial charge in [-0.2, -0.15) is 0 Å². The topological polar surface area (TPSA) is 0 Å². The Bertz CT molecular complexity index is 216. The van der Waals surface area contributed by atoms with Crippen LogP contribution in [0.2, 0.25) is 0 Å². The van der Waals surface area contributed by atoms with E-state index >= 15 is 0 Å². The predicted octanol–water partition coefficient (Wildman–Crippen LogP) is 5.04. The van der Waals surface area contributed by atoms with Crippen molar-refractivity contribution in [3.8, 4) is 0 Å². The van der Waals surface area contributed by atoms with Crippen LogP contribution in [0.1, 0.15) is 53.4 Å². The molecule has 0 saturated carbocycles. The van der Waals surface area contributed by atoms with Gasteiger partial charge in [0.25, 0.3) is 0 Å². The molecule has 1 aliphatic carbocycles. The van der Waals surface area contributed by atoms with Gasteiger partial charge < -0.3 is 0 Å². The first-order valence-electron chi connectivity index (χ1n) is 5.80. The van der Waals surface area contributed by atoms with Gasteiger partial charge in [0.1, 0.15) is 0 Å². The van der Waals surface area contributed by atoms with Crippen molar-refractivity contribution >= 4 is 0 Å². The molecule has 0 radical (unpaired) electrons. The summed E-state index contributed by atoms with van der Waals surface area (Å²) >= 11 is 0. The maximum atomic E-state index is 2.36. The summed E-state index contributed by atoms with van der Waals surface area (Å²) in [5.41, 5.74) is 3.01. The first kappa shape index (κ1) is 13.2. The summed E-state index contributed by atoms with van der Waals surface area (Å²) in [7, 11) is 0. The highest BCUT2D eigenvalue weighted by Gasteiger charge is 1.97. The molecule has 80 valence electrons. The Morgan fingerprint density at radius 2 is 2.07 bits per heavy atom. The Labute approximate surface area is 89.4 Å². The smallest absolute Gasteiger partial charge is 0.0245 e. The zero-order valence-electron chi connectivity index (χ0n) is 10.1. The molecule has 0 spiro atoms. The van der Waals surface area contributed by atoms with Crippen molar-refractivity contribution in [1.82, 2.24) is 0 Å². The summed E-state index contributed by atoms with van der Waals surface area (Å²) in [6.45, 7) is 8.31. The van der Waals surface area contributed by atoms with E-state index < -0.39 is 0 Å². The molecular formula is C14H24. The number of rotatable bonds is 3. The second-order valence-electron chi connectivity index (χ2n) is 3.39. The van der Waals surface area contributed by atoms with Gasteiger partial charge in [0.15, 0.2) is 0 Å². The van der Waals surface area contributed by atoms with Crippen molar-refractivity contribution in [2.45, 2.75) is 53.4 Å². The minimum Gasteiger partial charge on any atom is -0.0887 e. The molecule has 0 fully saturated rings. The molecule has 0 amide bonds. The highest BCUT2D eigenvalue weighted by molar-refractivity contribution is 5.22. The maximum absolute atomic E-state index is 2.36. The van der Waals surface area contributed by atoms with Gasteiger partial charge in [-0.15, -0.1) is 0 Å². The normalized spacial score (nSPS) is 15.7. The Kier molecular flexibility index (Phi) is 8.31. The van der Waals surface area contributed by atoms with Crippen LogP contribution in [0.25, 0.3) is 0 Å². The Balaban J connectivity index is 0.000000791. The van der Waals surface area contributed by atoms with Crippen LogP contribution in [0.15, 0.2) is 35.5 Å². The third kappa shape index (κ3) is 5.80. The van der Waals surface area contributed by atoms with Gasteiger partial charge in [-0.05, 0) is 39.5 Å². The molecule has 0 aromatic rings. The lowest BCUT2D eigenvalue weighted by Gasteiger charge is -2.06. The molecule has 0 aromatic carbocycles. The molecule has 0 bridgehead atoms. The molecule has 14 heavy (non-hydrogen) atoms. The molecule has 1 aliphatic rings. The van der Waals surface area contributed by atoms with Crippen LogP contribution in [0.4, 0.5) is 0 Å². The standard InChI is InChI=1S/C12H18.C2H6/c1-3-11(2)9-10-12-7-5-4-6-8-12;1-2/h3,5,7-8H,4,6,9-10H2,1-2H3;1-2H3/b11-3+;. The predicted molar refractivity (Wildman–Crippen MR) is 66.5 cm³/mol. The Morgan fingerprint density at radius 3 is 2.57 bits per heavy atom. The molecule has 0 saturated heterocycles. The first-order valence-corrected chi connectivity index (χ1v) is 5.80. The van der Waals surface area contributed by atoms with Crippen molar-refractivity contribution in [1.29, 1.82) is 0 Å². The summed E-state index contributed by atoms with van der Waals surface area (Å²) in [6, 6.07) is 0. The second-order valence-corrected chi connectivity index (χ2v) is 3.39. The van der Waals surface area contributed by atoms with Gasteiger partial charge in [0.2, 0.25) is 0 Å². The van der Waals surface area contributed by atoms with E-state index in [1.165, 1.54) is 36.8 Å². The highest BCUT2D eigenvalue weighted by Crippen LogP contribution is 2.17. The summed E-state index contributed by atoms with van der Waals surface area (Å²) in [5.74, 6) is 0. The van der Waals surface area contributed by atoms with Crippen molar-refractivity contribution in [3.05, 3.63) is 35.5 Å². The van der Waals surface area contributed by atoms with Gasteiger partial charge in [-0.3, -0.25) is 0 Å². The average molecular weight is 192 g/mol. The van der Waals surface area contributed by atoms with Crippen LogP contribution in [0.3, 0.4) is 0 Å². The van der Waals surface area contributed by atoms with Gasteiger partial charge in [-0.25, -0.2) is 0 Å². The molecule has 0 heterocycles. The quantitative estimate of drug-likeness (QED) is 0.550. The van der Waals surface area contributed by atoms with E-state index in [4.69, 9.17) is 0 Å². The minimum absolute atomic E-state index is 1.21. The molecule has 0 aliphatic heterocycles. The molecule has 1 rings (SSSR count). The van der Waals surface area contributed by atoms with Crippen molar-refractivity contribution in [2.75, 3.05) is 0 Å². The number of allylic oxidation sites excluding steroid dienone is 6. The molecule has 0 atom stereocenters. The average Bonchev–Trinajstić information content (AvgIpc) is 2.30. The lowest BCUT2D eigenvalue weighted by Crippen LogP contribution is -1.86. The van der Waals surface area contributed by atoms with Gasteiger partial charge in [-0.1, -0.05) is 49.3 Å². The van der Waals surface area contributed by atoms with Crippen LogP contribution >= 0.6 is 0 Å². The van der Waals surface area contributed by atoms with Gasteiger partial charge >= 0.3 is 0 Å². The van der Waals surface area contributed by atoms with E-state index in [2.05, 4.69) is 38.2 Å². The van der Waals surface area contributed by atoms with Crippen LogP contribution in [-0.4, -0.2) is 0 Å². The number of hydrogen-bond acceptors (Lipinski definition) is 0. The van der Waals surface area contributed by atoms with Crippen LogP contribution in [0, 0.1) is 0 Å². The zero-order chi connectivity index (χ0) is 10.8. The Morgan fingerprint density at radius 1 is 1.36 bits per heavy atom. The summed E-state index contributed by atoms with van der Waals surface area (Å²) in [4.78, 5) is 0. The van der Waals surface area contributed by atoms with E-state index in [0.717, 1.165) is 0 Å². The first-order chi connectivity index (χ1) is 6.83. The monoisotopic (exact) mass is 192 g/mol. The van der Waals surface area contributed by atoms with Crippen molar-refractivity contribution < 1.29 is 0 Å². The van der Waals surface area contributed by atoms with E-state index in [0.29, 0.717) is 0 Å². The lowest BCUT2D eigenvalue weighted by atomic mass is 10.0. The molecule has 0 heteroatoms. The van der Waals surface area contributed by atoms with Gasteiger partial charge in [0, 0.05) is 0 Å². The van der Waals surface area contributed by atoms with Crippen LogP contribution in [0.5, 0.6) is 0 Å². The molecule has 0 unspecified atom stereocenters. The summed E-state index contributed by atoms with van der Waals surface area (Å²) in [6.07, 6.45) is 14.0. The third-order valence-electron chi connectivity index (χ3n) is 2.37. The van der Waals surface area contributed by atoms with Gasteiger partial charge in [0.05, 0.1) is 0 Å². The van der Waals surface area contributed by atoms with Crippen LogP contribution in [-0.2, 0) is 0 Å². The summed E-state index contributed by atoms with van der Waals surface area (Å²) < 4.78 is 0. The highest BCUT2D eigenvalue weighted by atomic mass is 14.0. The van der Waals surface area contributed by atoms with Crippen LogP contribution < -0.4 is 0 Å². The molecule has 0 N–H and O–H groups in total. The van der Waals surface area contributed by atoms with E-state index in [1.54, 1.807) is 0 Å². The minimum atomic E-state index is 1.21. The third-order valence-corrected chi connectivity index (χ3v) is 2.37. The Hall–Kier alpha value is -0.780. The van der Waals surface area contributed by atoms with Crippen molar-refractivity contribution in [2.24, 2.45) is 0 Å². The van der Waals surface area contributed by atoms with E-state index in [-0.39, 0.29) is 0 Å². The fourth-order valence-corrected chi connectivity index (χ4v) is 1.34. The van der Waals surface area contributed by atoms with E-state index in [9.17, 15) is 0 Å². The fourth-order valence-electron chi connectivity index (χ4n) is 1.34. The maximum Gasteiger partial charge on any atom is -0.0245 e. The number of hydrogen-bond donors (Lipinski definition) is 0. The van der Waals surface area contributed by atoms with Crippen molar-refractivity contribution in [3.63, 3.8) is 0 Å². The van der Waals surface area contributed by atoms with E-state index in [1.807, 2.05) is 13.8 Å². The molecular weight excluding hydrogens is 168 g/mol. The largest absolute Gasteiger partial charge is 0.0887 e.